The standard InChI is InChI=1S/C23H31N7O6/c1-35-23(34)29-9-7-14(8-10-29)3-2-4-17-27-20(24)19-21(28-17)30(13-25-19)22(16(32)11-31)36-12-18(33)26-15-5-6-15/h13-16,22,31-32H,3,5-12H2,1H3,(H,26,33)(H2,24,27,28)/t16?,22-/m1/s1. The molecule has 0 bridgehead atoms. The van der Waals surface area contributed by atoms with E-state index in [1.807, 2.05) is 0 Å². The highest BCUT2D eigenvalue weighted by Crippen LogP contribution is 2.24. The van der Waals surface area contributed by atoms with Gasteiger partial charge in [0.15, 0.2) is 17.7 Å². The van der Waals surface area contributed by atoms with Crippen LogP contribution in [-0.2, 0) is 14.3 Å². The lowest BCUT2D eigenvalue weighted by Crippen LogP contribution is -2.38. The highest BCUT2D eigenvalue weighted by molar-refractivity contribution is 5.82. The number of aliphatic hydroxyl groups is 2. The minimum absolute atomic E-state index is 0.109. The van der Waals surface area contributed by atoms with Crippen LogP contribution in [-0.4, -0.2) is 92.2 Å². The molecule has 13 nitrogen and oxygen atoms in total. The van der Waals surface area contributed by atoms with Crippen molar-refractivity contribution in [3.05, 3.63) is 12.2 Å². The fraction of sp³-hybridized carbons (Fsp3) is 0.609. The predicted octanol–water partition coefficient (Wildman–Crippen LogP) is -0.224. The van der Waals surface area contributed by atoms with Gasteiger partial charge >= 0.3 is 6.09 Å². The number of nitrogens with one attached hydrogen (secondary N) is 1. The van der Waals surface area contributed by atoms with E-state index in [9.17, 15) is 19.8 Å². The van der Waals surface area contributed by atoms with E-state index >= 15 is 0 Å². The molecule has 1 unspecified atom stereocenters. The lowest BCUT2D eigenvalue weighted by molar-refractivity contribution is -0.138. The molecule has 2 amide bonds. The third-order valence-corrected chi connectivity index (χ3v) is 6.20. The Labute approximate surface area is 208 Å². The molecule has 3 heterocycles. The van der Waals surface area contributed by atoms with Gasteiger partial charge in [-0.2, -0.15) is 0 Å². The molecule has 1 saturated heterocycles. The average Bonchev–Trinajstić information content (AvgIpc) is 3.60. The van der Waals surface area contributed by atoms with E-state index in [1.54, 1.807) is 4.90 Å². The Bertz CT molecular complexity index is 1150. The van der Waals surface area contributed by atoms with Gasteiger partial charge in [0, 0.05) is 25.6 Å². The number of anilines is 1. The number of aromatic nitrogens is 4. The van der Waals surface area contributed by atoms with Crippen molar-refractivity contribution in [1.29, 1.82) is 0 Å². The molecule has 2 atom stereocenters. The number of likely N-dealkylation sites (tertiary alicyclic amines) is 1. The second-order valence-corrected chi connectivity index (χ2v) is 8.96. The van der Waals surface area contributed by atoms with Crippen LogP contribution in [0.1, 0.15) is 44.2 Å². The molecule has 5 N–H and O–H groups in total. The SMILES string of the molecule is COC(=O)N1CCC(CC#Cc2nc(N)c3ncn([C@H](OCC(=O)NC4CC4)C(O)CO)c3n2)CC1. The number of hydrogen-bond donors (Lipinski definition) is 4. The fourth-order valence-electron chi connectivity index (χ4n) is 4.03. The first-order valence-electron chi connectivity index (χ1n) is 11.9. The number of nitrogens with two attached hydrogens (primary N) is 1. The third kappa shape index (κ3) is 6.20. The van der Waals surface area contributed by atoms with Crippen LogP contribution in [0.3, 0.4) is 0 Å². The molecule has 1 aliphatic carbocycles. The molecule has 0 radical (unpaired) electrons. The predicted molar refractivity (Wildman–Crippen MR) is 127 cm³/mol. The van der Waals surface area contributed by atoms with Crippen LogP contribution in [0.25, 0.3) is 11.2 Å². The molecule has 2 aliphatic rings. The fourth-order valence-corrected chi connectivity index (χ4v) is 4.03. The Morgan fingerprint density at radius 2 is 2.03 bits per heavy atom. The zero-order valence-electron chi connectivity index (χ0n) is 20.1. The molecule has 13 heteroatoms. The number of amides is 2. The molecular weight excluding hydrogens is 470 g/mol. The summed E-state index contributed by atoms with van der Waals surface area (Å²) in [6, 6.07) is 0.172. The summed E-state index contributed by atoms with van der Waals surface area (Å²) in [4.78, 5) is 38.2. The number of nitrogens with zero attached hydrogens (tertiary/aromatic N) is 5. The maximum Gasteiger partial charge on any atom is 0.409 e. The van der Waals surface area contributed by atoms with Crippen LogP contribution in [0.4, 0.5) is 10.6 Å². The number of aliphatic hydroxyl groups excluding tert-OH is 2. The summed E-state index contributed by atoms with van der Waals surface area (Å²) in [5.74, 6) is 6.34. The molecule has 1 aliphatic heterocycles. The molecule has 4 rings (SSSR count). The summed E-state index contributed by atoms with van der Waals surface area (Å²) < 4.78 is 11.8. The maximum absolute atomic E-state index is 12.1. The van der Waals surface area contributed by atoms with Crippen molar-refractivity contribution in [1.82, 2.24) is 29.7 Å². The largest absolute Gasteiger partial charge is 0.453 e. The van der Waals surface area contributed by atoms with Crippen molar-refractivity contribution >= 4 is 29.0 Å². The van der Waals surface area contributed by atoms with E-state index in [0.717, 1.165) is 25.7 Å². The average molecular weight is 502 g/mol. The van der Waals surface area contributed by atoms with Crippen molar-refractivity contribution in [2.75, 3.05) is 39.1 Å². The van der Waals surface area contributed by atoms with E-state index in [1.165, 1.54) is 18.0 Å². The van der Waals surface area contributed by atoms with Crippen LogP contribution < -0.4 is 11.1 Å². The number of imidazole rings is 1. The lowest BCUT2D eigenvalue weighted by atomic mass is 9.94. The van der Waals surface area contributed by atoms with Gasteiger partial charge in [0.1, 0.15) is 18.2 Å². The summed E-state index contributed by atoms with van der Waals surface area (Å²) >= 11 is 0. The minimum atomic E-state index is -1.34. The van der Waals surface area contributed by atoms with Gasteiger partial charge in [0.05, 0.1) is 20.0 Å². The maximum atomic E-state index is 12.1. The topological polar surface area (TPSA) is 178 Å². The van der Waals surface area contributed by atoms with Gasteiger partial charge in [0.25, 0.3) is 0 Å². The first-order valence-corrected chi connectivity index (χ1v) is 11.9. The van der Waals surface area contributed by atoms with Gasteiger partial charge in [-0.1, -0.05) is 5.92 Å². The number of hydrogen-bond acceptors (Lipinski definition) is 10. The zero-order valence-corrected chi connectivity index (χ0v) is 20.1. The molecule has 2 aromatic heterocycles. The Kier molecular flexibility index (Phi) is 8.19. The van der Waals surface area contributed by atoms with Gasteiger partial charge in [-0.3, -0.25) is 9.36 Å². The number of carbonyl (C=O) groups is 2. The first kappa shape index (κ1) is 25.6. The van der Waals surface area contributed by atoms with Crippen LogP contribution >= 0.6 is 0 Å². The van der Waals surface area contributed by atoms with E-state index in [4.69, 9.17) is 15.2 Å². The molecule has 0 aromatic carbocycles. The number of ether oxygens (including phenoxy) is 2. The molecule has 36 heavy (non-hydrogen) atoms. The van der Waals surface area contributed by atoms with Gasteiger partial charge in [-0.25, -0.2) is 19.7 Å². The molecular formula is C23H31N7O6. The van der Waals surface area contributed by atoms with Crippen LogP contribution in [0, 0.1) is 17.8 Å². The number of rotatable bonds is 8. The summed E-state index contributed by atoms with van der Waals surface area (Å²) in [6.45, 7) is 0.345. The summed E-state index contributed by atoms with van der Waals surface area (Å²) in [7, 11) is 1.37. The Morgan fingerprint density at radius 3 is 2.69 bits per heavy atom. The van der Waals surface area contributed by atoms with Crippen LogP contribution in [0.5, 0.6) is 0 Å². The number of nitrogen functional groups attached to an aromatic ring is 1. The van der Waals surface area contributed by atoms with E-state index < -0.39 is 18.9 Å². The second-order valence-electron chi connectivity index (χ2n) is 8.96. The first-order chi connectivity index (χ1) is 17.4. The molecule has 0 spiro atoms. The number of fused-ring (bicyclic) bond motifs is 1. The van der Waals surface area contributed by atoms with Gasteiger partial charge in [-0.05, 0) is 37.5 Å². The monoisotopic (exact) mass is 501 g/mol. The smallest absolute Gasteiger partial charge is 0.409 e. The molecule has 1 saturated carbocycles. The van der Waals surface area contributed by atoms with E-state index in [0.29, 0.717) is 25.4 Å². The number of methoxy groups -OCH3 is 1. The van der Waals surface area contributed by atoms with E-state index in [2.05, 4.69) is 32.1 Å². The van der Waals surface area contributed by atoms with E-state index in [-0.39, 0.29) is 47.5 Å². The van der Waals surface area contributed by atoms with Gasteiger partial charge in [-0.15, -0.1) is 0 Å². The van der Waals surface area contributed by atoms with Crippen molar-refractivity contribution in [3.63, 3.8) is 0 Å². The molecule has 2 fully saturated rings. The molecule has 2 aromatic rings. The Hall–Kier alpha value is -3.47. The van der Waals surface area contributed by atoms with Crippen molar-refractivity contribution in [2.24, 2.45) is 5.92 Å². The Balaban J connectivity index is 1.46. The highest BCUT2D eigenvalue weighted by atomic mass is 16.5. The third-order valence-electron chi connectivity index (χ3n) is 6.20. The minimum Gasteiger partial charge on any atom is -0.453 e. The zero-order chi connectivity index (χ0) is 25.7. The molecule has 194 valence electrons. The van der Waals surface area contributed by atoms with Gasteiger partial charge in [0.2, 0.25) is 11.7 Å². The summed E-state index contributed by atoms with van der Waals surface area (Å²) in [5, 5.41) is 22.7. The quantitative estimate of drug-likeness (QED) is 0.353. The summed E-state index contributed by atoms with van der Waals surface area (Å²) in [5.41, 5.74) is 6.62. The van der Waals surface area contributed by atoms with Crippen molar-refractivity contribution in [2.45, 2.75) is 50.5 Å². The van der Waals surface area contributed by atoms with Gasteiger partial charge < -0.3 is 35.6 Å². The normalized spacial score (nSPS) is 17.8. The number of carbonyl (C=O) groups excluding carboxylic acids is 2. The van der Waals surface area contributed by atoms with Crippen LogP contribution in [0.2, 0.25) is 0 Å². The second kappa shape index (κ2) is 11.5. The van der Waals surface area contributed by atoms with Crippen LogP contribution in [0.15, 0.2) is 6.33 Å². The van der Waals surface area contributed by atoms with Crippen molar-refractivity contribution in [3.8, 4) is 11.8 Å². The Morgan fingerprint density at radius 1 is 1.28 bits per heavy atom. The lowest BCUT2D eigenvalue weighted by Gasteiger charge is -2.29. The summed E-state index contributed by atoms with van der Waals surface area (Å²) in [6.07, 6.45) is 2.73. The highest BCUT2D eigenvalue weighted by Gasteiger charge is 2.28. The van der Waals surface area contributed by atoms with Crippen molar-refractivity contribution < 1.29 is 29.3 Å². The number of piperidine rings is 1.